The molecule has 0 aliphatic rings. The number of amides is 1. The largest absolute Gasteiger partial charge is 0.416 e. The van der Waals surface area contributed by atoms with Gasteiger partial charge in [0.2, 0.25) is 5.91 Å². The van der Waals surface area contributed by atoms with Crippen molar-refractivity contribution in [1.29, 1.82) is 0 Å². The molecule has 1 amide bonds. The summed E-state index contributed by atoms with van der Waals surface area (Å²) >= 11 is 2.78. The van der Waals surface area contributed by atoms with Crippen LogP contribution in [0.3, 0.4) is 0 Å². The number of aromatic nitrogens is 3. The maximum absolute atomic E-state index is 13.0. The second-order valence-electron chi connectivity index (χ2n) is 6.68. The van der Waals surface area contributed by atoms with E-state index in [4.69, 9.17) is 0 Å². The topological polar surface area (TPSA) is 59.8 Å². The Morgan fingerprint density at radius 2 is 1.84 bits per heavy atom. The Morgan fingerprint density at radius 1 is 1.09 bits per heavy atom. The number of nitrogens with one attached hydrogen (secondary N) is 1. The SMILES string of the molecule is CCn1c(CSCc2ccc(F)cc2)nnc1SCC(=O)Nc1cccc(C(F)(F)F)c1. The summed E-state index contributed by atoms with van der Waals surface area (Å²) in [6.07, 6.45) is -4.47. The fraction of sp³-hybridized carbons (Fsp3) is 0.286. The highest BCUT2D eigenvalue weighted by Crippen LogP contribution is 2.30. The zero-order chi connectivity index (χ0) is 23.1. The summed E-state index contributed by atoms with van der Waals surface area (Å²) in [5, 5.41) is 11.4. The maximum Gasteiger partial charge on any atom is 0.416 e. The van der Waals surface area contributed by atoms with Crippen molar-refractivity contribution in [3.05, 3.63) is 71.3 Å². The first-order valence-corrected chi connectivity index (χ1v) is 11.7. The monoisotopic (exact) mass is 484 g/mol. The standard InChI is InChI=1S/C21H20F4N4OS2/c1-2-29-18(12-31-11-14-6-8-16(22)9-7-14)27-28-20(29)32-13-19(30)26-17-5-3-4-15(10-17)21(23,24)25/h3-10H,2,11-13H2,1H3,(H,26,30). The molecular formula is C21H20F4N4OS2. The van der Waals surface area contributed by atoms with Gasteiger partial charge in [-0.15, -0.1) is 22.0 Å². The summed E-state index contributed by atoms with van der Waals surface area (Å²) < 4.78 is 53.3. The van der Waals surface area contributed by atoms with E-state index in [1.54, 1.807) is 23.9 Å². The molecule has 1 N–H and O–H groups in total. The highest BCUT2D eigenvalue weighted by molar-refractivity contribution is 7.99. The first-order valence-electron chi connectivity index (χ1n) is 9.60. The Labute approximate surface area is 191 Å². The second-order valence-corrected chi connectivity index (χ2v) is 8.61. The molecule has 0 aliphatic carbocycles. The van der Waals surface area contributed by atoms with Gasteiger partial charge in [0.05, 0.1) is 17.1 Å². The van der Waals surface area contributed by atoms with Gasteiger partial charge in [-0.2, -0.15) is 13.2 Å². The summed E-state index contributed by atoms with van der Waals surface area (Å²) in [7, 11) is 0. The molecule has 0 unspecified atom stereocenters. The molecule has 1 heterocycles. The number of halogens is 4. The minimum Gasteiger partial charge on any atom is -0.325 e. The zero-order valence-electron chi connectivity index (χ0n) is 17.0. The van der Waals surface area contributed by atoms with Gasteiger partial charge < -0.3 is 9.88 Å². The fourth-order valence-electron chi connectivity index (χ4n) is 2.79. The average Bonchev–Trinajstić information content (AvgIpc) is 3.15. The highest BCUT2D eigenvalue weighted by Gasteiger charge is 2.30. The molecule has 0 fully saturated rings. The number of anilines is 1. The normalized spacial score (nSPS) is 11.5. The van der Waals surface area contributed by atoms with Crippen LogP contribution in [0, 0.1) is 5.82 Å². The van der Waals surface area contributed by atoms with Gasteiger partial charge in [0, 0.05) is 18.0 Å². The molecular weight excluding hydrogens is 464 g/mol. The highest BCUT2D eigenvalue weighted by atomic mass is 32.2. The summed E-state index contributed by atoms with van der Waals surface area (Å²) in [4.78, 5) is 12.2. The summed E-state index contributed by atoms with van der Waals surface area (Å²) in [5.41, 5.74) is 0.261. The van der Waals surface area contributed by atoms with Crippen molar-refractivity contribution < 1.29 is 22.4 Å². The van der Waals surface area contributed by atoms with Crippen molar-refractivity contribution >= 4 is 35.1 Å². The Kier molecular flexibility index (Phi) is 8.19. The molecule has 170 valence electrons. The number of hydrogen-bond donors (Lipinski definition) is 1. The Morgan fingerprint density at radius 3 is 2.53 bits per heavy atom. The lowest BCUT2D eigenvalue weighted by molar-refractivity contribution is -0.137. The smallest absolute Gasteiger partial charge is 0.325 e. The molecule has 11 heteroatoms. The molecule has 0 radical (unpaired) electrons. The van der Waals surface area contributed by atoms with E-state index >= 15 is 0 Å². The van der Waals surface area contributed by atoms with Crippen molar-refractivity contribution in [2.45, 2.75) is 36.3 Å². The van der Waals surface area contributed by atoms with Crippen molar-refractivity contribution in [2.75, 3.05) is 11.1 Å². The van der Waals surface area contributed by atoms with Gasteiger partial charge in [-0.05, 0) is 42.8 Å². The Balaban J connectivity index is 1.53. The predicted molar refractivity (Wildman–Crippen MR) is 118 cm³/mol. The van der Waals surface area contributed by atoms with Gasteiger partial charge >= 0.3 is 6.18 Å². The third kappa shape index (κ3) is 6.73. The van der Waals surface area contributed by atoms with Crippen LogP contribution in [0.2, 0.25) is 0 Å². The molecule has 0 atom stereocenters. The van der Waals surface area contributed by atoms with Crippen LogP contribution in [-0.2, 0) is 29.0 Å². The Hall–Kier alpha value is -2.53. The van der Waals surface area contributed by atoms with E-state index < -0.39 is 17.6 Å². The van der Waals surface area contributed by atoms with Gasteiger partial charge in [0.25, 0.3) is 0 Å². The van der Waals surface area contributed by atoms with Gasteiger partial charge in [0.1, 0.15) is 11.6 Å². The molecule has 32 heavy (non-hydrogen) atoms. The van der Waals surface area contributed by atoms with Crippen LogP contribution in [0.1, 0.15) is 23.9 Å². The van der Waals surface area contributed by atoms with E-state index in [1.165, 1.54) is 36.0 Å². The van der Waals surface area contributed by atoms with Gasteiger partial charge in [-0.25, -0.2) is 4.39 Å². The number of carbonyl (C=O) groups excluding carboxylic acids is 1. The van der Waals surface area contributed by atoms with E-state index in [0.29, 0.717) is 23.2 Å². The van der Waals surface area contributed by atoms with Gasteiger partial charge in [-0.1, -0.05) is 30.0 Å². The van der Waals surface area contributed by atoms with Crippen LogP contribution >= 0.6 is 23.5 Å². The summed E-state index contributed by atoms with van der Waals surface area (Å²) in [5.74, 6) is 1.31. The molecule has 0 aliphatic heterocycles. The number of nitrogens with zero attached hydrogens (tertiary/aromatic N) is 3. The number of hydrogen-bond acceptors (Lipinski definition) is 5. The van der Waals surface area contributed by atoms with Crippen LogP contribution in [0.25, 0.3) is 0 Å². The first kappa shape index (κ1) is 24.1. The molecule has 0 saturated heterocycles. The van der Waals surface area contributed by atoms with E-state index in [2.05, 4.69) is 15.5 Å². The van der Waals surface area contributed by atoms with Crippen molar-refractivity contribution in [2.24, 2.45) is 0 Å². The van der Waals surface area contributed by atoms with Crippen LogP contribution in [0.4, 0.5) is 23.2 Å². The minimum atomic E-state index is -4.47. The molecule has 1 aromatic heterocycles. The van der Waals surface area contributed by atoms with Crippen molar-refractivity contribution in [1.82, 2.24) is 14.8 Å². The number of thioether (sulfide) groups is 2. The molecule has 0 bridgehead atoms. The third-order valence-corrected chi connectivity index (χ3v) is 6.30. The van der Waals surface area contributed by atoms with Crippen LogP contribution < -0.4 is 5.32 Å². The second kappa shape index (κ2) is 10.9. The predicted octanol–water partition coefficient (Wildman–Crippen LogP) is 5.62. The van der Waals surface area contributed by atoms with E-state index in [9.17, 15) is 22.4 Å². The number of carbonyl (C=O) groups is 1. The van der Waals surface area contributed by atoms with Crippen molar-refractivity contribution in [3.63, 3.8) is 0 Å². The zero-order valence-corrected chi connectivity index (χ0v) is 18.7. The van der Waals surface area contributed by atoms with Crippen molar-refractivity contribution in [3.8, 4) is 0 Å². The molecule has 3 rings (SSSR count). The molecule has 0 spiro atoms. The quantitative estimate of drug-likeness (QED) is 0.316. The average molecular weight is 485 g/mol. The van der Waals surface area contributed by atoms with Gasteiger partial charge in [-0.3, -0.25) is 4.79 Å². The number of rotatable bonds is 9. The summed E-state index contributed by atoms with van der Waals surface area (Å²) in [6, 6.07) is 10.8. The Bertz CT molecular complexity index is 1050. The third-order valence-electron chi connectivity index (χ3n) is 4.33. The van der Waals surface area contributed by atoms with Crippen LogP contribution in [0.5, 0.6) is 0 Å². The molecule has 0 saturated carbocycles. The summed E-state index contributed by atoms with van der Waals surface area (Å²) in [6.45, 7) is 2.54. The van der Waals surface area contributed by atoms with Crippen LogP contribution in [-0.4, -0.2) is 26.4 Å². The van der Waals surface area contributed by atoms with Crippen LogP contribution in [0.15, 0.2) is 53.7 Å². The minimum absolute atomic E-state index is 0.0168. The fourth-order valence-corrected chi connectivity index (χ4v) is 4.54. The number of benzene rings is 2. The lowest BCUT2D eigenvalue weighted by Crippen LogP contribution is -2.15. The van der Waals surface area contributed by atoms with E-state index in [-0.39, 0.29) is 17.3 Å². The first-order chi connectivity index (χ1) is 15.3. The van der Waals surface area contributed by atoms with E-state index in [1.807, 2.05) is 11.5 Å². The maximum atomic E-state index is 13.0. The molecule has 3 aromatic rings. The lowest BCUT2D eigenvalue weighted by atomic mass is 10.2. The lowest BCUT2D eigenvalue weighted by Gasteiger charge is -2.10. The number of alkyl halides is 3. The van der Waals surface area contributed by atoms with Gasteiger partial charge in [0.15, 0.2) is 5.16 Å². The molecule has 2 aromatic carbocycles. The molecule has 5 nitrogen and oxygen atoms in total. The van der Waals surface area contributed by atoms with E-state index in [0.717, 1.165) is 23.5 Å².